The van der Waals surface area contributed by atoms with Gasteiger partial charge in [-0.2, -0.15) is 10.5 Å². The molecule has 2 heterocycles. The van der Waals surface area contributed by atoms with Crippen molar-refractivity contribution in [3.8, 4) is 12.1 Å². The van der Waals surface area contributed by atoms with E-state index in [0.29, 0.717) is 34.0 Å². The largest absolute Gasteiger partial charge is 0.392 e. The maximum absolute atomic E-state index is 9.59. The van der Waals surface area contributed by atoms with Crippen LogP contribution in [-0.4, -0.2) is 18.0 Å². The summed E-state index contributed by atoms with van der Waals surface area (Å²) >= 11 is 1.13. The molecule has 1 saturated heterocycles. The number of hydrogen-bond acceptors (Lipinski definition) is 6. The third kappa shape index (κ3) is 2.75. The smallest absolute Gasteiger partial charge is 0.0984 e. The van der Waals surface area contributed by atoms with E-state index in [1.165, 1.54) is 5.56 Å². The third-order valence-electron chi connectivity index (χ3n) is 4.85. The molecule has 1 fully saturated rings. The van der Waals surface area contributed by atoms with Crippen molar-refractivity contribution < 1.29 is 0 Å². The van der Waals surface area contributed by atoms with Crippen LogP contribution in [0.2, 0.25) is 0 Å². The summed E-state index contributed by atoms with van der Waals surface area (Å²) in [4.78, 5) is 2.35. The normalized spacial score (nSPS) is 20.8. The van der Waals surface area contributed by atoms with Gasteiger partial charge in [0.2, 0.25) is 0 Å². The molecule has 5 nitrogen and oxygen atoms in total. The SMILES string of the molecule is N#CC1=C(N)SC(N)=C(C#N)C12CCN(Cc1ccccc1)CC2. The first-order valence-corrected chi connectivity index (χ1v) is 8.67. The molecule has 24 heavy (non-hydrogen) atoms. The van der Waals surface area contributed by atoms with Crippen molar-refractivity contribution in [3.05, 3.63) is 57.1 Å². The summed E-state index contributed by atoms with van der Waals surface area (Å²) in [5.41, 5.74) is 13.8. The zero-order valence-electron chi connectivity index (χ0n) is 13.3. The summed E-state index contributed by atoms with van der Waals surface area (Å²) < 4.78 is 0. The van der Waals surface area contributed by atoms with Crippen LogP contribution in [0.1, 0.15) is 18.4 Å². The Kier molecular flexibility index (Phi) is 4.53. The summed E-state index contributed by atoms with van der Waals surface area (Å²) in [6.07, 6.45) is 1.38. The van der Waals surface area contributed by atoms with Crippen LogP contribution in [0.3, 0.4) is 0 Å². The lowest BCUT2D eigenvalue weighted by atomic mass is 9.68. The number of benzene rings is 1. The Morgan fingerprint density at radius 1 is 1.00 bits per heavy atom. The predicted molar refractivity (Wildman–Crippen MR) is 94.6 cm³/mol. The fourth-order valence-corrected chi connectivity index (χ4v) is 4.50. The molecule has 0 unspecified atom stereocenters. The number of nitrogens with zero attached hydrogens (tertiary/aromatic N) is 3. The minimum absolute atomic E-state index is 0.436. The van der Waals surface area contributed by atoms with Gasteiger partial charge in [0.15, 0.2) is 0 Å². The van der Waals surface area contributed by atoms with E-state index in [4.69, 9.17) is 11.5 Å². The van der Waals surface area contributed by atoms with Crippen LogP contribution in [0, 0.1) is 28.1 Å². The number of likely N-dealkylation sites (tertiary alicyclic amines) is 1. The van der Waals surface area contributed by atoms with E-state index in [9.17, 15) is 10.5 Å². The van der Waals surface area contributed by atoms with Crippen molar-refractivity contribution in [2.24, 2.45) is 16.9 Å². The van der Waals surface area contributed by atoms with Crippen molar-refractivity contribution in [3.63, 3.8) is 0 Å². The van der Waals surface area contributed by atoms with Crippen LogP contribution in [0.4, 0.5) is 0 Å². The van der Waals surface area contributed by atoms with Gasteiger partial charge in [-0.15, -0.1) is 0 Å². The second-order valence-electron chi connectivity index (χ2n) is 6.15. The van der Waals surface area contributed by atoms with E-state index < -0.39 is 5.41 Å². The van der Waals surface area contributed by atoms with Crippen LogP contribution < -0.4 is 11.5 Å². The van der Waals surface area contributed by atoms with Gasteiger partial charge in [-0.3, -0.25) is 4.90 Å². The van der Waals surface area contributed by atoms with Crippen LogP contribution in [0.15, 0.2) is 51.5 Å². The average Bonchev–Trinajstić information content (AvgIpc) is 2.58. The number of hydrogen-bond donors (Lipinski definition) is 2. The average molecular weight is 337 g/mol. The monoisotopic (exact) mass is 337 g/mol. The first-order valence-electron chi connectivity index (χ1n) is 7.85. The Balaban J connectivity index is 1.83. The van der Waals surface area contributed by atoms with E-state index in [1.807, 2.05) is 18.2 Å². The molecule has 0 saturated carbocycles. The van der Waals surface area contributed by atoms with E-state index in [2.05, 4.69) is 29.2 Å². The van der Waals surface area contributed by atoms with Crippen LogP contribution in [-0.2, 0) is 6.54 Å². The molecule has 0 atom stereocenters. The standard InChI is InChI=1S/C18H19N5S/c19-10-14-16(21)24-17(22)15(11-20)18(14)6-8-23(9-7-18)12-13-4-2-1-3-5-13/h1-5H,6-9,12,21-22H2. The molecule has 4 N–H and O–H groups in total. The van der Waals surface area contributed by atoms with Gasteiger partial charge in [0.25, 0.3) is 0 Å². The minimum Gasteiger partial charge on any atom is -0.392 e. The van der Waals surface area contributed by atoms with E-state index >= 15 is 0 Å². The van der Waals surface area contributed by atoms with Gasteiger partial charge in [0, 0.05) is 12.0 Å². The predicted octanol–water partition coefficient (Wildman–Crippen LogP) is 2.40. The number of piperidine rings is 1. The molecule has 122 valence electrons. The number of nitrogens with two attached hydrogens (primary N) is 2. The van der Waals surface area contributed by atoms with E-state index in [1.54, 1.807) is 0 Å². The molecule has 3 rings (SSSR count). The van der Waals surface area contributed by atoms with Gasteiger partial charge in [-0.25, -0.2) is 0 Å². The third-order valence-corrected chi connectivity index (χ3v) is 5.70. The molecule has 1 aromatic carbocycles. The van der Waals surface area contributed by atoms with Crippen LogP contribution >= 0.6 is 11.8 Å². The highest BCUT2D eigenvalue weighted by molar-refractivity contribution is 8.06. The molecule has 2 aliphatic heterocycles. The summed E-state index contributed by atoms with van der Waals surface area (Å²) in [5.74, 6) is 0. The molecule has 2 aliphatic rings. The highest BCUT2D eigenvalue weighted by Crippen LogP contribution is 2.52. The van der Waals surface area contributed by atoms with E-state index in [-0.39, 0.29) is 0 Å². The van der Waals surface area contributed by atoms with Crippen molar-refractivity contribution in [2.75, 3.05) is 13.1 Å². The Bertz CT molecular complexity index is 736. The molecular formula is C18H19N5S. The molecule has 0 radical (unpaired) electrons. The lowest BCUT2D eigenvalue weighted by Crippen LogP contribution is -2.43. The minimum atomic E-state index is -0.615. The maximum Gasteiger partial charge on any atom is 0.0984 e. The van der Waals surface area contributed by atoms with Gasteiger partial charge in [0.05, 0.1) is 33.3 Å². The molecular weight excluding hydrogens is 318 g/mol. The summed E-state index contributed by atoms with van der Waals surface area (Å²) in [6, 6.07) is 14.8. The lowest BCUT2D eigenvalue weighted by Gasteiger charge is -2.43. The summed E-state index contributed by atoms with van der Waals surface area (Å²) in [7, 11) is 0. The number of allylic oxidation sites excluding steroid dienone is 2. The second-order valence-corrected chi connectivity index (χ2v) is 7.23. The molecule has 0 amide bonds. The molecule has 1 aromatic rings. The fraction of sp³-hybridized carbons (Fsp3) is 0.333. The van der Waals surface area contributed by atoms with Crippen molar-refractivity contribution >= 4 is 11.8 Å². The Morgan fingerprint density at radius 3 is 2.04 bits per heavy atom. The van der Waals surface area contributed by atoms with Gasteiger partial charge < -0.3 is 11.5 Å². The topological polar surface area (TPSA) is 103 Å². The lowest BCUT2D eigenvalue weighted by molar-refractivity contribution is 0.153. The van der Waals surface area contributed by atoms with Crippen LogP contribution in [0.5, 0.6) is 0 Å². The Hall–Kier alpha value is -2.41. The Morgan fingerprint density at radius 2 is 1.54 bits per heavy atom. The highest BCUT2D eigenvalue weighted by atomic mass is 32.2. The maximum atomic E-state index is 9.59. The van der Waals surface area contributed by atoms with Gasteiger partial charge in [-0.1, -0.05) is 42.1 Å². The molecule has 6 heteroatoms. The Labute approximate surface area is 146 Å². The number of nitriles is 2. The van der Waals surface area contributed by atoms with Gasteiger partial charge in [-0.05, 0) is 31.5 Å². The summed E-state index contributed by atoms with van der Waals surface area (Å²) in [5, 5.41) is 20.1. The first kappa shape index (κ1) is 16.4. The second kappa shape index (κ2) is 6.60. The zero-order valence-corrected chi connectivity index (χ0v) is 14.1. The van der Waals surface area contributed by atoms with Crippen LogP contribution in [0.25, 0.3) is 0 Å². The number of thioether (sulfide) groups is 1. The zero-order chi connectivity index (χ0) is 17.2. The van der Waals surface area contributed by atoms with Gasteiger partial charge >= 0.3 is 0 Å². The molecule has 0 aliphatic carbocycles. The molecule has 0 aromatic heterocycles. The molecule has 0 bridgehead atoms. The fourth-order valence-electron chi connectivity index (χ4n) is 3.58. The van der Waals surface area contributed by atoms with Crippen molar-refractivity contribution in [2.45, 2.75) is 19.4 Å². The van der Waals surface area contributed by atoms with Gasteiger partial charge in [0.1, 0.15) is 0 Å². The van der Waals surface area contributed by atoms with Crippen molar-refractivity contribution in [1.82, 2.24) is 4.90 Å². The summed E-state index contributed by atoms with van der Waals surface area (Å²) in [6.45, 7) is 2.47. The van der Waals surface area contributed by atoms with E-state index in [0.717, 1.165) is 31.4 Å². The number of rotatable bonds is 2. The highest BCUT2D eigenvalue weighted by Gasteiger charge is 2.46. The quantitative estimate of drug-likeness (QED) is 0.859. The first-order chi connectivity index (χ1) is 11.6. The molecule has 1 spiro atoms. The van der Waals surface area contributed by atoms with Crippen molar-refractivity contribution in [1.29, 1.82) is 10.5 Å².